The highest BCUT2D eigenvalue weighted by molar-refractivity contribution is 7.91. The molecule has 6 aromatic rings. The predicted molar refractivity (Wildman–Crippen MR) is 134 cm³/mol. The Morgan fingerprint density at radius 2 is 1.69 bits per heavy atom. The summed E-state index contributed by atoms with van der Waals surface area (Å²) in [6.07, 6.45) is 2.53. The van der Waals surface area contributed by atoms with Crippen LogP contribution >= 0.6 is 0 Å². The average molecular weight is 481 g/mol. The van der Waals surface area contributed by atoms with Crippen LogP contribution in [0, 0.1) is 0 Å². The first-order valence-electron chi connectivity index (χ1n) is 11.2. The lowest BCUT2D eigenvalue weighted by molar-refractivity contribution is 0.0983. The van der Waals surface area contributed by atoms with Crippen molar-refractivity contribution in [2.45, 2.75) is 22.6 Å². The fraction of sp³-hybridized carbons (Fsp3) is 0.0714. The topological polar surface area (TPSA) is 93.0 Å². The Morgan fingerprint density at radius 1 is 0.886 bits per heavy atom. The van der Waals surface area contributed by atoms with Crippen molar-refractivity contribution >= 4 is 48.5 Å². The van der Waals surface area contributed by atoms with Crippen molar-refractivity contribution < 1.29 is 17.6 Å². The van der Waals surface area contributed by atoms with Crippen molar-refractivity contribution in [3.8, 4) is 0 Å². The molecule has 0 bridgehead atoms. The molecule has 0 radical (unpaired) electrons. The van der Waals surface area contributed by atoms with Crippen LogP contribution in [-0.2, 0) is 16.3 Å². The zero-order valence-electron chi connectivity index (χ0n) is 18.6. The van der Waals surface area contributed by atoms with E-state index in [1.165, 1.54) is 0 Å². The largest absolute Gasteiger partial charge is 0.455 e. The minimum absolute atomic E-state index is 0.0290. The molecule has 0 aliphatic rings. The van der Waals surface area contributed by atoms with Crippen molar-refractivity contribution in [2.75, 3.05) is 0 Å². The number of sulfone groups is 1. The van der Waals surface area contributed by atoms with E-state index >= 15 is 0 Å². The second-order valence-corrected chi connectivity index (χ2v) is 10.4. The maximum atomic E-state index is 13.5. The van der Waals surface area contributed by atoms with E-state index in [1.807, 2.05) is 42.5 Å². The molecule has 1 N–H and O–H groups in total. The van der Waals surface area contributed by atoms with Gasteiger partial charge < -0.3 is 4.42 Å². The lowest BCUT2D eigenvalue weighted by Crippen LogP contribution is -2.04. The number of para-hydroxylation sites is 2. The van der Waals surface area contributed by atoms with Crippen LogP contribution in [0.25, 0.3) is 32.8 Å². The molecule has 6 nitrogen and oxygen atoms in total. The number of nitrogens with one attached hydrogen (secondary N) is 1. The standard InChI is InChI=1S/C28H20N2O4S/c31-25(19-11-14-24-20(16-19)17-29-30-24)15-10-18-8-12-21(13-9-18)35(32,33)27-7-3-5-23-22-4-1-2-6-26(22)34-28(23)27/h1-9,11-14,16-17H,10,15H2,(H,29,30). The summed E-state index contributed by atoms with van der Waals surface area (Å²) in [5.74, 6) is 0.0290. The van der Waals surface area contributed by atoms with Crippen LogP contribution in [0.4, 0.5) is 0 Å². The summed E-state index contributed by atoms with van der Waals surface area (Å²) in [6, 6.07) is 24.8. The quantitative estimate of drug-likeness (QED) is 0.290. The molecule has 35 heavy (non-hydrogen) atoms. The number of aromatic nitrogens is 2. The van der Waals surface area contributed by atoms with Gasteiger partial charge in [-0.15, -0.1) is 0 Å². The fourth-order valence-electron chi connectivity index (χ4n) is 4.41. The van der Waals surface area contributed by atoms with Crippen LogP contribution < -0.4 is 0 Å². The Hall–Kier alpha value is -4.23. The number of carbonyl (C=O) groups is 1. The van der Waals surface area contributed by atoms with Crippen molar-refractivity contribution in [1.82, 2.24) is 10.2 Å². The summed E-state index contributed by atoms with van der Waals surface area (Å²) in [7, 11) is -3.79. The molecule has 0 saturated heterocycles. The van der Waals surface area contributed by atoms with E-state index in [9.17, 15) is 13.2 Å². The second-order valence-electron chi connectivity index (χ2n) is 8.47. The third kappa shape index (κ3) is 3.70. The lowest BCUT2D eigenvalue weighted by atomic mass is 10.0. The van der Waals surface area contributed by atoms with Gasteiger partial charge in [-0.1, -0.05) is 42.5 Å². The van der Waals surface area contributed by atoms with Crippen molar-refractivity contribution in [3.63, 3.8) is 0 Å². The van der Waals surface area contributed by atoms with E-state index in [1.54, 1.807) is 48.7 Å². The molecule has 0 atom stereocenters. The Labute approximate surface area is 201 Å². The molecule has 0 aliphatic heterocycles. The normalized spacial score (nSPS) is 12.0. The number of Topliss-reactive ketones (excluding diaryl/α,β-unsaturated/α-hetero) is 1. The van der Waals surface area contributed by atoms with Gasteiger partial charge in [-0.05, 0) is 54.4 Å². The SMILES string of the molecule is O=C(CCc1ccc(S(=O)(=O)c2cccc3c2oc2ccccc23)cc1)c1ccc2[nH]ncc2c1. The van der Waals surface area contributed by atoms with Gasteiger partial charge in [0.1, 0.15) is 10.5 Å². The predicted octanol–water partition coefficient (Wildman–Crippen LogP) is 6.11. The molecule has 0 spiro atoms. The summed E-state index contributed by atoms with van der Waals surface area (Å²) in [5.41, 5.74) is 3.42. The van der Waals surface area contributed by atoms with Gasteiger partial charge in [0.15, 0.2) is 11.4 Å². The number of aryl methyl sites for hydroxylation is 1. The number of fused-ring (bicyclic) bond motifs is 4. The number of nitrogens with zero attached hydrogens (tertiary/aromatic N) is 1. The van der Waals surface area contributed by atoms with E-state index < -0.39 is 9.84 Å². The molecular formula is C28H20N2O4S. The molecule has 0 unspecified atom stereocenters. The number of H-pyrrole nitrogens is 1. The first kappa shape index (κ1) is 21.3. The highest BCUT2D eigenvalue weighted by Crippen LogP contribution is 2.35. The fourth-order valence-corrected chi connectivity index (χ4v) is 5.82. The molecule has 7 heteroatoms. The summed E-state index contributed by atoms with van der Waals surface area (Å²) < 4.78 is 32.8. The zero-order chi connectivity index (χ0) is 24.0. The Kier molecular flexibility index (Phi) is 5.00. The molecule has 0 amide bonds. The Balaban J connectivity index is 1.24. The van der Waals surface area contributed by atoms with Gasteiger partial charge in [0.05, 0.1) is 16.6 Å². The highest BCUT2D eigenvalue weighted by atomic mass is 32.2. The van der Waals surface area contributed by atoms with Crippen molar-refractivity contribution in [2.24, 2.45) is 0 Å². The van der Waals surface area contributed by atoms with Crippen LogP contribution in [0.1, 0.15) is 22.3 Å². The highest BCUT2D eigenvalue weighted by Gasteiger charge is 2.23. The Bertz CT molecular complexity index is 1830. The van der Waals surface area contributed by atoms with Crippen LogP contribution in [0.2, 0.25) is 0 Å². The van der Waals surface area contributed by atoms with E-state index in [4.69, 9.17) is 4.42 Å². The number of carbonyl (C=O) groups excluding carboxylic acids is 1. The average Bonchev–Trinajstić information content (AvgIpc) is 3.51. The van der Waals surface area contributed by atoms with Gasteiger partial charge in [0, 0.05) is 28.1 Å². The van der Waals surface area contributed by atoms with Gasteiger partial charge in [0.25, 0.3) is 0 Å². The number of ketones is 1. The Morgan fingerprint density at radius 3 is 2.54 bits per heavy atom. The molecule has 0 saturated carbocycles. The minimum atomic E-state index is -3.79. The van der Waals surface area contributed by atoms with E-state index in [0.29, 0.717) is 29.6 Å². The number of aromatic amines is 1. The molecule has 2 heterocycles. The van der Waals surface area contributed by atoms with Gasteiger partial charge in [-0.25, -0.2) is 8.42 Å². The molecule has 172 valence electrons. The van der Waals surface area contributed by atoms with Crippen molar-refractivity contribution in [3.05, 3.63) is 102 Å². The number of benzene rings is 4. The van der Waals surface area contributed by atoms with E-state index in [0.717, 1.165) is 27.2 Å². The first-order chi connectivity index (χ1) is 17.0. The van der Waals surface area contributed by atoms with E-state index in [2.05, 4.69) is 10.2 Å². The maximum Gasteiger partial charge on any atom is 0.210 e. The summed E-state index contributed by atoms with van der Waals surface area (Å²) in [6.45, 7) is 0. The van der Waals surface area contributed by atoms with Gasteiger partial charge in [-0.3, -0.25) is 9.89 Å². The third-order valence-electron chi connectivity index (χ3n) is 6.29. The van der Waals surface area contributed by atoms with Crippen molar-refractivity contribution in [1.29, 1.82) is 0 Å². The maximum absolute atomic E-state index is 13.5. The zero-order valence-corrected chi connectivity index (χ0v) is 19.4. The van der Waals surface area contributed by atoms with E-state index in [-0.39, 0.29) is 15.6 Å². The number of rotatable bonds is 6. The van der Waals surface area contributed by atoms with Gasteiger partial charge >= 0.3 is 0 Å². The third-order valence-corrected chi connectivity index (χ3v) is 8.09. The van der Waals surface area contributed by atoms with Crippen LogP contribution in [0.15, 0.2) is 105 Å². The molecule has 6 rings (SSSR count). The minimum Gasteiger partial charge on any atom is -0.455 e. The summed E-state index contributed by atoms with van der Waals surface area (Å²) in [4.78, 5) is 13.0. The second kappa shape index (κ2) is 8.21. The smallest absolute Gasteiger partial charge is 0.210 e. The van der Waals surface area contributed by atoms with Crippen LogP contribution in [-0.4, -0.2) is 24.4 Å². The van der Waals surface area contributed by atoms with Gasteiger partial charge in [-0.2, -0.15) is 5.10 Å². The molecule has 4 aromatic carbocycles. The molecular weight excluding hydrogens is 460 g/mol. The van der Waals surface area contributed by atoms with Gasteiger partial charge in [0.2, 0.25) is 9.84 Å². The monoisotopic (exact) mass is 480 g/mol. The number of hydrogen-bond acceptors (Lipinski definition) is 5. The summed E-state index contributed by atoms with van der Waals surface area (Å²) >= 11 is 0. The van der Waals surface area contributed by atoms with Crippen LogP contribution in [0.5, 0.6) is 0 Å². The first-order valence-corrected chi connectivity index (χ1v) is 12.7. The summed E-state index contributed by atoms with van der Waals surface area (Å²) in [5, 5.41) is 9.40. The molecule has 2 aromatic heterocycles. The number of furan rings is 1. The molecule has 0 aliphatic carbocycles. The number of hydrogen-bond donors (Lipinski definition) is 1. The lowest BCUT2D eigenvalue weighted by Gasteiger charge is -2.07. The van der Waals surface area contributed by atoms with Crippen LogP contribution in [0.3, 0.4) is 0 Å². The molecule has 0 fully saturated rings.